The molecule has 2 aromatic carbocycles. The van der Waals surface area contributed by atoms with Gasteiger partial charge in [-0.3, -0.25) is 4.99 Å². The maximum absolute atomic E-state index is 5.35. The van der Waals surface area contributed by atoms with Crippen LogP contribution in [0, 0.1) is 0 Å². The number of epoxide rings is 1. The molecule has 1 fully saturated rings. The van der Waals surface area contributed by atoms with Gasteiger partial charge in [0.25, 0.3) is 0 Å². The average molecular weight is 251 g/mol. The Labute approximate surface area is 113 Å². The van der Waals surface area contributed by atoms with E-state index in [1.807, 2.05) is 18.3 Å². The third kappa shape index (κ3) is 3.09. The van der Waals surface area contributed by atoms with Crippen LogP contribution in [0.25, 0.3) is 0 Å². The molecule has 0 amide bonds. The molecule has 96 valence electrons. The predicted molar refractivity (Wildman–Crippen MR) is 78.2 cm³/mol. The van der Waals surface area contributed by atoms with Crippen LogP contribution in [0.2, 0.25) is 0 Å². The van der Waals surface area contributed by atoms with Crippen molar-refractivity contribution < 1.29 is 4.74 Å². The summed E-state index contributed by atoms with van der Waals surface area (Å²) in [5.41, 5.74) is 3.59. The topological polar surface area (TPSA) is 24.9 Å². The fourth-order valence-corrected chi connectivity index (χ4v) is 2.11. The number of benzene rings is 2. The number of para-hydroxylation sites is 1. The van der Waals surface area contributed by atoms with E-state index in [1.165, 1.54) is 11.1 Å². The van der Waals surface area contributed by atoms with E-state index in [1.54, 1.807) is 0 Å². The molecular weight excluding hydrogens is 234 g/mol. The maximum Gasteiger partial charge on any atom is 0.119 e. The molecule has 1 heterocycles. The van der Waals surface area contributed by atoms with Crippen molar-refractivity contribution in [3.63, 3.8) is 0 Å². The van der Waals surface area contributed by atoms with E-state index >= 15 is 0 Å². The van der Waals surface area contributed by atoms with Gasteiger partial charge in [0.2, 0.25) is 0 Å². The van der Waals surface area contributed by atoms with Crippen LogP contribution in [0.5, 0.6) is 0 Å². The highest BCUT2D eigenvalue weighted by Crippen LogP contribution is 2.24. The van der Waals surface area contributed by atoms with Crippen LogP contribution < -0.4 is 0 Å². The summed E-state index contributed by atoms with van der Waals surface area (Å²) in [6.45, 7) is 2.06. The molecule has 2 aromatic rings. The molecule has 0 aromatic heterocycles. The van der Waals surface area contributed by atoms with E-state index < -0.39 is 0 Å². The molecule has 2 nitrogen and oxygen atoms in total. The SMILES string of the molecule is CC1OC1C=Nc1ccccc1Cc1ccccc1. The quantitative estimate of drug-likeness (QED) is 0.599. The minimum atomic E-state index is 0.199. The Morgan fingerprint density at radius 1 is 1.05 bits per heavy atom. The second-order valence-electron chi connectivity index (χ2n) is 4.88. The smallest absolute Gasteiger partial charge is 0.119 e. The molecule has 0 spiro atoms. The number of nitrogens with zero attached hydrogens (tertiary/aromatic N) is 1. The van der Waals surface area contributed by atoms with Crippen molar-refractivity contribution in [3.05, 3.63) is 65.7 Å². The minimum absolute atomic E-state index is 0.199. The summed E-state index contributed by atoms with van der Waals surface area (Å²) in [5.74, 6) is 0. The number of rotatable bonds is 4. The Morgan fingerprint density at radius 3 is 2.47 bits per heavy atom. The summed E-state index contributed by atoms with van der Waals surface area (Å²) in [7, 11) is 0. The van der Waals surface area contributed by atoms with Crippen LogP contribution in [0.1, 0.15) is 18.1 Å². The molecule has 2 unspecified atom stereocenters. The van der Waals surface area contributed by atoms with Gasteiger partial charge in [-0.25, -0.2) is 0 Å². The average Bonchev–Trinajstić information content (AvgIpc) is 3.15. The fraction of sp³-hybridized carbons (Fsp3) is 0.235. The fourth-order valence-electron chi connectivity index (χ4n) is 2.11. The molecule has 2 atom stereocenters. The zero-order valence-corrected chi connectivity index (χ0v) is 11.0. The summed E-state index contributed by atoms with van der Waals surface area (Å²) in [5, 5.41) is 0. The Bertz CT molecular complexity index is 577. The number of hydrogen-bond acceptors (Lipinski definition) is 2. The summed E-state index contributed by atoms with van der Waals surface area (Å²) < 4.78 is 5.35. The van der Waals surface area contributed by atoms with Gasteiger partial charge in [0.15, 0.2) is 0 Å². The molecule has 0 radical (unpaired) electrons. The first-order valence-electron chi connectivity index (χ1n) is 6.64. The highest BCUT2D eigenvalue weighted by molar-refractivity contribution is 5.71. The summed E-state index contributed by atoms with van der Waals surface area (Å²) in [6, 6.07) is 18.8. The summed E-state index contributed by atoms with van der Waals surface area (Å²) in [4.78, 5) is 4.56. The maximum atomic E-state index is 5.35. The zero-order valence-electron chi connectivity index (χ0n) is 11.0. The van der Waals surface area contributed by atoms with Gasteiger partial charge in [0.05, 0.1) is 11.8 Å². The van der Waals surface area contributed by atoms with Gasteiger partial charge in [0.1, 0.15) is 6.10 Å². The van der Waals surface area contributed by atoms with Gasteiger partial charge < -0.3 is 4.74 Å². The highest BCUT2D eigenvalue weighted by Gasteiger charge is 2.32. The van der Waals surface area contributed by atoms with Crippen molar-refractivity contribution in [2.24, 2.45) is 4.99 Å². The molecule has 1 aliphatic rings. The number of hydrogen-bond donors (Lipinski definition) is 0. The molecule has 0 aliphatic carbocycles. The lowest BCUT2D eigenvalue weighted by molar-refractivity contribution is 0.408. The first-order valence-corrected chi connectivity index (χ1v) is 6.64. The Balaban J connectivity index is 1.79. The molecule has 3 rings (SSSR count). The van der Waals surface area contributed by atoms with E-state index in [9.17, 15) is 0 Å². The first kappa shape index (κ1) is 12.1. The molecular formula is C17H17NO. The Kier molecular flexibility index (Phi) is 3.43. The third-order valence-electron chi connectivity index (χ3n) is 3.35. The van der Waals surface area contributed by atoms with Crippen LogP contribution in [0.15, 0.2) is 59.6 Å². The van der Waals surface area contributed by atoms with Crippen molar-refractivity contribution in [1.82, 2.24) is 0 Å². The van der Waals surface area contributed by atoms with Gasteiger partial charge in [-0.15, -0.1) is 0 Å². The summed E-state index contributed by atoms with van der Waals surface area (Å²) in [6.07, 6.45) is 3.35. The second kappa shape index (κ2) is 5.37. The van der Waals surface area contributed by atoms with Crippen molar-refractivity contribution in [2.45, 2.75) is 25.6 Å². The lowest BCUT2D eigenvalue weighted by Crippen LogP contribution is -1.92. The Hall–Kier alpha value is -1.93. The predicted octanol–water partition coefficient (Wildman–Crippen LogP) is 3.77. The van der Waals surface area contributed by atoms with Gasteiger partial charge in [-0.1, -0.05) is 48.5 Å². The van der Waals surface area contributed by atoms with Gasteiger partial charge in [-0.2, -0.15) is 0 Å². The van der Waals surface area contributed by atoms with Crippen LogP contribution in [0.3, 0.4) is 0 Å². The van der Waals surface area contributed by atoms with Crippen molar-refractivity contribution in [2.75, 3.05) is 0 Å². The lowest BCUT2D eigenvalue weighted by Gasteiger charge is -2.05. The van der Waals surface area contributed by atoms with Crippen LogP contribution in [0.4, 0.5) is 5.69 Å². The van der Waals surface area contributed by atoms with Gasteiger partial charge >= 0.3 is 0 Å². The molecule has 2 heteroatoms. The molecule has 1 aliphatic heterocycles. The molecule has 0 bridgehead atoms. The molecule has 1 saturated heterocycles. The Morgan fingerprint density at radius 2 is 1.74 bits per heavy atom. The van der Waals surface area contributed by atoms with Crippen LogP contribution in [-0.2, 0) is 11.2 Å². The molecule has 19 heavy (non-hydrogen) atoms. The van der Waals surface area contributed by atoms with Crippen molar-refractivity contribution in [3.8, 4) is 0 Å². The second-order valence-corrected chi connectivity index (χ2v) is 4.88. The largest absolute Gasteiger partial charge is 0.364 e. The van der Waals surface area contributed by atoms with E-state index in [4.69, 9.17) is 4.74 Å². The van der Waals surface area contributed by atoms with Gasteiger partial charge in [-0.05, 0) is 30.5 Å². The monoisotopic (exact) mass is 251 g/mol. The van der Waals surface area contributed by atoms with E-state index in [0.29, 0.717) is 6.10 Å². The van der Waals surface area contributed by atoms with Crippen LogP contribution in [-0.4, -0.2) is 18.4 Å². The zero-order chi connectivity index (χ0) is 13.1. The molecule has 0 saturated carbocycles. The van der Waals surface area contributed by atoms with Gasteiger partial charge in [0, 0.05) is 6.21 Å². The normalized spacial score (nSPS) is 21.7. The van der Waals surface area contributed by atoms with E-state index in [0.717, 1.165) is 12.1 Å². The number of aliphatic imine (C=N–C) groups is 1. The van der Waals surface area contributed by atoms with E-state index in [-0.39, 0.29) is 6.10 Å². The van der Waals surface area contributed by atoms with Crippen LogP contribution >= 0.6 is 0 Å². The number of ether oxygens (including phenoxy) is 1. The van der Waals surface area contributed by atoms with Crippen molar-refractivity contribution in [1.29, 1.82) is 0 Å². The third-order valence-corrected chi connectivity index (χ3v) is 3.35. The van der Waals surface area contributed by atoms with E-state index in [2.05, 4.69) is 54.4 Å². The standard InChI is InChI=1S/C17H17NO/c1-13-17(19-13)12-18-16-10-6-5-9-15(16)11-14-7-3-2-4-8-14/h2-10,12-13,17H,11H2,1H3. The molecule has 0 N–H and O–H groups in total. The highest BCUT2D eigenvalue weighted by atomic mass is 16.6. The van der Waals surface area contributed by atoms with Crippen molar-refractivity contribution >= 4 is 11.9 Å². The minimum Gasteiger partial charge on any atom is -0.364 e. The summed E-state index contributed by atoms with van der Waals surface area (Å²) >= 11 is 0. The lowest BCUT2D eigenvalue weighted by atomic mass is 10.0. The first-order chi connectivity index (χ1) is 9.33.